The van der Waals surface area contributed by atoms with E-state index in [1.807, 2.05) is 48.3 Å². The third-order valence-electron chi connectivity index (χ3n) is 4.86. The van der Waals surface area contributed by atoms with Crippen LogP contribution in [-0.4, -0.2) is 33.1 Å². The maximum Gasteiger partial charge on any atom is 0.224 e. The largest absolute Gasteiger partial charge is 0.372 e. The fourth-order valence-corrected chi connectivity index (χ4v) is 3.54. The molecule has 0 bridgehead atoms. The Hall–Kier alpha value is -2.60. The number of carbonyl (C=O) groups is 1. The molecule has 1 aliphatic rings. The first-order valence-corrected chi connectivity index (χ1v) is 8.63. The number of imidazole rings is 1. The molecule has 6 heteroatoms. The van der Waals surface area contributed by atoms with Crippen molar-refractivity contribution in [2.45, 2.75) is 31.4 Å². The van der Waals surface area contributed by atoms with Gasteiger partial charge in [0.15, 0.2) is 0 Å². The Morgan fingerprint density at radius 3 is 3.16 bits per heavy atom. The molecule has 0 spiro atoms. The van der Waals surface area contributed by atoms with E-state index in [9.17, 15) is 4.79 Å². The van der Waals surface area contributed by atoms with Crippen molar-refractivity contribution >= 4 is 16.8 Å². The second-order valence-electron chi connectivity index (χ2n) is 6.61. The molecule has 1 fully saturated rings. The molecule has 25 heavy (non-hydrogen) atoms. The summed E-state index contributed by atoms with van der Waals surface area (Å²) in [6.07, 6.45) is 7.52. The van der Waals surface area contributed by atoms with Gasteiger partial charge in [-0.2, -0.15) is 0 Å². The zero-order valence-electron chi connectivity index (χ0n) is 14.2. The zero-order valence-corrected chi connectivity index (χ0v) is 14.2. The number of carbonyl (C=O) groups excluding carboxylic acids is 1. The number of hydrogen-bond acceptors (Lipinski definition) is 3. The molecule has 0 radical (unpaired) electrons. The number of hydrogen-bond donors (Lipinski definition) is 2. The average molecular weight is 338 g/mol. The highest BCUT2D eigenvalue weighted by Crippen LogP contribution is 2.27. The van der Waals surface area contributed by atoms with Gasteiger partial charge >= 0.3 is 0 Å². The molecule has 3 heterocycles. The van der Waals surface area contributed by atoms with Crippen molar-refractivity contribution in [2.75, 3.05) is 6.61 Å². The molecular formula is C19H22N4O2. The summed E-state index contributed by atoms with van der Waals surface area (Å²) in [5.41, 5.74) is 3.14. The molecule has 4 rings (SSSR count). The number of ether oxygens (including phenoxy) is 1. The van der Waals surface area contributed by atoms with Crippen LogP contribution in [0, 0.1) is 0 Å². The second-order valence-corrected chi connectivity index (χ2v) is 6.61. The number of rotatable bonds is 4. The number of para-hydroxylation sites is 1. The minimum atomic E-state index is -0.0142. The Balaban J connectivity index is 1.40. The van der Waals surface area contributed by atoms with E-state index < -0.39 is 0 Å². The van der Waals surface area contributed by atoms with Gasteiger partial charge in [-0.3, -0.25) is 4.79 Å². The fourth-order valence-electron chi connectivity index (χ4n) is 3.54. The molecule has 3 aromatic rings. The monoisotopic (exact) mass is 338 g/mol. The summed E-state index contributed by atoms with van der Waals surface area (Å²) >= 11 is 0. The van der Waals surface area contributed by atoms with Gasteiger partial charge in [0.05, 0.1) is 24.6 Å². The number of nitrogens with zero attached hydrogens (tertiary/aromatic N) is 2. The van der Waals surface area contributed by atoms with Gasteiger partial charge in [0.1, 0.15) is 6.10 Å². The fraction of sp³-hybridized carbons (Fsp3) is 0.368. The van der Waals surface area contributed by atoms with Gasteiger partial charge in [-0.15, -0.1) is 0 Å². The van der Waals surface area contributed by atoms with Crippen LogP contribution in [0.4, 0.5) is 0 Å². The first-order valence-electron chi connectivity index (χ1n) is 8.63. The van der Waals surface area contributed by atoms with Crippen LogP contribution >= 0.6 is 0 Å². The molecule has 0 saturated carbocycles. The number of aryl methyl sites for hydroxylation is 1. The Morgan fingerprint density at radius 2 is 2.32 bits per heavy atom. The minimum absolute atomic E-state index is 0.0142. The highest BCUT2D eigenvalue weighted by molar-refractivity contribution is 5.88. The van der Waals surface area contributed by atoms with Crippen LogP contribution in [-0.2, 0) is 23.0 Å². The van der Waals surface area contributed by atoms with Crippen LogP contribution in [0.5, 0.6) is 0 Å². The molecule has 1 amide bonds. The number of amides is 1. The summed E-state index contributed by atoms with van der Waals surface area (Å²) in [7, 11) is 1.96. The number of aromatic nitrogens is 3. The van der Waals surface area contributed by atoms with E-state index in [1.54, 1.807) is 6.33 Å². The molecule has 2 N–H and O–H groups in total. The zero-order chi connectivity index (χ0) is 17.2. The van der Waals surface area contributed by atoms with Crippen LogP contribution < -0.4 is 5.32 Å². The van der Waals surface area contributed by atoms with Crippen molar-refractivity contribution < 1.29 is 9.53 Å². The molecule has 1 saturated heterocycles. The average Bonchev–Trinajstić information content (AvgIpc) is 3.22. The van der Waals surface area contributed by atoms with Gasteiger partial charge in [0, 0.05) is 36.8 Å². The van der Waals surface area contributed by atoms with Crippen molar-refractivity contribution in [1.29, 1.82) is 0 Å². The molecule has 2 unspecified atom stereocenters. The Bertz CT molecular complexity index is 882. The maximum absolute atomic E-state index is 12.5. The molecule has 1 aromatic carbocycles. The number of fused-ring (bicyclic) bond motifs is 1. The number of benzene rings is 1. The summed E-state index contributed by atoms with van der Waals surface area (Å²) in [6, 6.07) is 8.18. The van der Waals surface area contributed by atoms with Crippen LogP contribution in [0.25, 0.3) is 10.9 Å². The minimum Gasteiger partial charge on any atom is -0.372 e. The topological polar surface area (TPSA) is 71.9 Å². The predicted octanol–water partition coefficient (Wildman–Crippen LogP) is 2.48. The smallest absolute Gasteiger partial charge is 0.224 e. The van der Waals surface area contributed by atoms with Crippen molar-refractivity contribution in [2.24, 2.45) is 7.05 Å². The van der Waals surface area contributed by atoms with E-state index in [1.165, 1.54) is 0 Å². The third-order valence-corrected chi connectivity index (χ3v) is 4.86. The molecular weight excluding hydrogens is 316 g/mol. The predicted molar refractivity (Wildman–Crippen MR) is 95.1 cm³/mol. The number of aromatic amines is 1. The summed E-state index contributed by atoms with van der Waals surface area (Å²) in [5.74, 6) is 0.0559. The highest BCUT2D eigenvalue weighted by Gasteiger charge is 2.26. The first-order chi connectivity index (χ1) is 12.2. The summed E-state index contributed by atoms with van der Waals surface area (Å²) in [4.78, 5) is 19.9. The highest BCUT2D eigenvalue weighted by atomic mass is 16.5. The molecule has 6 nitrogen and oxygen atoms in total. The van der Waals surface area contributed by atoms with Crippen molar-refractivity contribution in [1.82, 2.24) is 19.9 Å². The van der Waals surface area contributed by atoms with E-state index in [0.717, 1.165) is 35.0 Å². The summed E-state index contributed by atoms with van der Waals surface area (Å²) < 4.78 is 7.83. The lowest BCUT2D eigenvalue weighted by Crippen LogP contribution is -2.40. The molecule has 2 aromatic heterocycles. The van der Waals surface area contributed by atoms with E-state index in [0.29, 0.717) is 13.0 Å². The second kappa shape index (κ2) is 6.72. The quantitative estimate of drug-likeness (QED) is 0.768. The van der Waals surface area contributed by atoms with Gasteiger partial charge in [-0.05, 0) is 24.5 Å². The van der Waals surface area contributed by atoms with Crippen LogP contribution in [0.3, 0.4) is 0 Å². The molecule has 130 valence electrons. The Morgan fingerprint density at radius 1 is 1.44 bits per heavy atom. The van der Waals surface area contributed by atoms with Gasteiger partial charge in [0.2, 0.25) is 5.91 Å². The van der Waals surface area contributed by atoms with E-state index in [4.69, 9.17) is 4.74 Å². The summed E-state index contributed by atoms with van der Waals surface area (Å²) in [5, 5.41) is 4.28. The van der Waals surface area contributed by atoms with Gasteiger partial charge in [-0.25, -0.2) is 4.98 Å². The lowest BCUT2D eigenvalue weighted by Gasteiger charge is -2.30. The van der Waals surface area contributed by atoms with Gasteiger partial charge in [-0.1, -0.05) is 18.2 Å². The number of nitrogens with one attached hydrogen (secondary N) is 2. The Labute approximate surface area is 146 Å². The van der Waals surface area contributed by atoms with Crippen LogP contribution in [0.15, 0.2) is 43.0 Å². The lowest BCUT2D eigenvalue weighted by molar-refractivity contribution is -0.122. The number of H-pyrrole nitrogens is 1. The maximum atomic E-state index is 12.5. The summed E-state index contributed by atoms with van der Waals surface area (Å²) in [6.45, 7) is 0.647. The lowest BCUT2D eigenvalue weighted by atomic mass is 10.0. The van der Waals surface area contributed by atoms with Gasteiger partial charge < -0.3 is 19.6 Å². The standard InChI is InChI=1S/C19H22N4O2/c1-23-12-20-11-17(23)18-9-14(6-7-25-18)22-19(24)8-13-10-21-16-5-3-2-4-15(13)16/h2-5,10-12,14,18,21H,6-9H2,1H3,(H,22,24). The Kier molecular flexibility index (Phi) is 4.28. The van der Waals surface area contributed by atoms with Crippen molar-refractivity contribution in [3.05, 3.63) is 54.2 Å². The normalized spacial score (nSPS) is 20.7. The van der Waals surface area contributed by atoms with Gasteiger partial charge in [0.25, 0.3) is 0 Å². The van der Waals surface area contributed by atoms with Crippen molar-refractivity contribution in [3.8, 4) is 0 Å². The van der Waals surface area contributed by atoms with Crippen LogP contribution in [0.1, 0.15) is 30.2 Å². The van der Waals surface area contributed by atoms with E-state index in [-0.39, 0.29) is 18.1 Å². The van der Waals surface area contributed by atoms with E-state index in [2.05, 4.69) is 15.3 Å². The van der Waals surface area contributed by atoms with Crippen LogP contribution in [0.2, 0.25) is 0 Å². The van der Waals surface area contributed by atoms with Crippen molar-refractivity contribution in [3.63, 3.8) is 0 Å². The molecule has 0 aliphatic carbocycles. The first kappa shape index (κ1) is 15.9. The molecule has 2 atom stereocenters. The SMILES string of the molecule is Cn1cncc1C1CC(NC(=O)Cc2c[nH]c3ccccc23)CCO1. The third kappa shape index (κ3) is 3.30. The molecule has 1 aliphatic heterocycles. The van der Waals surface area contributed by atoms with E-state index >= 15 is 0 Å².